The fraction of sp³-hybridized carbons (Fsp3) is 0.538. The first-order valence-corrected chi connectivity index (χ1v) is 5.38. The fourth-order valence-electron chi connectivity index (χ4n) is 1.23. The Morgan fingerprint density at radius 1 is 1.07 bits per heavy atom. The lowest BCUT2D eigenvalue weighted by atomic mass is 9.86. The van der Waals surface area contributed by atoms with Crippen molar-refractivity contribution >= 4 is 0 Å². The SMILES string of the molecule is CCC(C)(CC)COc1ccccc1. The van der Waals surface area contributed by atoms with Gasteiger partial charge in [0.2, 0.25) is 0 Å². The summed E-state index contributed by atoms with van der Waals surface area (Å²) in [6.45, 7) is 7.52. The summed E-state index contributed by atoms with van der Waals surface area (Å²) in [4.78, 5) is 0. The molecule has 0 radical (unpaired) electrons. The molecule has 78 valence electrons. The second-order valence-electron chi connectivity index (χ2n) is 4.12. The zero-order valence-electron chi connectivity index (χ0n) is 9.42. The molecule has 0 heterocycles. The highest BCUT2D eigenvalue weighted by Crippen LogP contribution is 2.26. The van der Waals surface area contributed by atoms with Crippen LogP contribution < -0.4 is 4.74 Å². The molecule has 0 saturated carbocycles. The van der Waals surface area contributed by atoms with E-state index < -0.39 is 0 Å². The molecule has 0 aliphatic heterocycles. The Kier molecular flexibility index (Phi) is 3.99. The molecule has 1 rings (SSSR count). The van der Waals surface area contributed by atoms with Crippen molar-refractivity contribution in [2.24, 2.45) is 5.41 Å². The second kappa shape index (κ2) is 5.04. The van der Waals surface area contributed by atoms with Gasteiger partial charge in [0, 0.05) is 5.41 Å². The van der Waals surface area contributed by atoms with E-state index in [1.54, 1.807) is 0 Å². The van der Waals surface area contributed by atoms with E-state index >= 15 is 0 Å². The first kappa shape index (κ1) is 11.1. The van der Waals surface area contributed by atoms with Crippen LogP contribution in [0.1, 0.15) is 33.6 Å². The zero-order chi connectivity index (χ0) is 10.4. The van der Waals surface area contributed by atoms with Crippen LogP contribution in [0.4, 0.5) is 0 Å². The lowest BCUT2D eigenvalue weighted by Crippen LogP contribution is -2.23. The van der Waals surface area contributed by atoms with Gasteiger partial charge in [-0.25, -0.2) is 0 Å². The molecule has 0 spiro atoms. The number of hydrogen-bond acceptors (Lipinski definition) is 1. The molecule has 0 atom stereocenters. The number of benzene rings is 1. The zero-order valence-corrected chi connectivity index (χ0v) is 9.42. The first-order valence-electron chi connectivity index (χ1n) is 5.38. The number of para-hydroxylation sites is 1. The average Bonchev–Trinajstić information content (AvgIpc) is 2.27. The van der Waals surface area contributed by atoms with Crippen LogP contribution in [0.2, 0.25) is 0 Å². The average molecular weight is 192 g/mol. The Morgan fingerprint density at radius 3 is 2.14 bits per heavy atom. The van der Waals surface area contributed by atoms with E-state index in [0.717, 1.165) is 25.2 Å². The normalized spacial score (nSPS) is 11.4. The molecule has 0 fully saturated rings. The lowest BCUT2D eigenvalue weighted by Gasteiger charge is -2.26. The van der Waals surface area contributed by atoms with Crippen LogP contribution in [0, 0.1) is 5.41 Å². The van der Waals surface area contributed by atoms with E-state index in [4.69, 9.17) is 4.74 Å². The van der Waals surface area contributed by atoms with Gasteiger partial charge in [-0.3, -0.25) is 0 Å². The van der Waals surface area contributed by atoms with E-state index in [2.05, 4.69) is 20.8 Å². The minimum Gasteiger partial charge on any atom is -0.493 e. The predicted molar refractivity (Wildman–Crippen MR) is 60.6 cm³/mol. The second-order valence-corrected chi connectivity index (χ2v) is 4.12. The molecule has 1 nitrogen and oxygen atoms in total. The van der Waals surface area contributed by atoms with Gasteiger partial charge < -0.3 is 4.74 Å². The van der Waals surface area contributed by atoms with Crippen LogP contribution in [0.25, 0.3) is 0 Å². The van der Waals surface area contributed by atoms with Crippen LogP contribution in [-0.2, 0) is 0 Å². The molecule has 0 amide bonds. The molecule has 1 aromatic rings. The van der Waals surface area contributed by atoms with Gasteiger partial charge in [0.25, 0.3) is 0 Å². The van der Waals surface area contributed by atoms with Crippen molar-refractivity contribution in [2.75, 3.05) is 6.61 Å². The van der Waals surface area contributed by atoms with Crippen LogP contribution in [0.3, 0.4) is 0 Å². The molecule has 0 saturated heterocycles. The minimum absolute atomic E-state index is 0.315. The fourth-order valence-corrected chi connectivity index (χ4v) is 1.23. The molecule has 14 heavy (non-hydrogen) atoms. The molecule has 0 aliphatic rings. The van der Waals surface area contributed by atoms with Gasteiger partial charge in [-0.05, 0) is 25.0 Å². The largest absolute Gasteiger partial charge is 0.493 e. The summed E-state index contributed by atoms with van der Waals surface area (Å²) in [5.41, 5.74) is 0.315. The smallest absolute Gasteiger partial charge is 0.119 e. The van der Waals surface area contributed by atoms with Crippen LogP contribution in [0.5, 0.6) is 5.75 Å². The van der Waals surface area contributed by atoms with Crippen molar-refractivity contribution in [1.29, 1.82) is 0 Å². The Morgan fingerprint density at radius 2 is 1.64 bits per heavy atom. The number of ether oxygens (including phenoxy) is 1. The summed E-state index contributed by atoms with van der Waals surface area (Å²) >= 11 is 0. The topological polar surface area (TPSA) is 9.23 Å². The Bertz CT molecular complexity index is 249. The summed E-state index contributed by atoms with van der Waals surface area (Å²) in [5, 5.41) is 0. The van der Waals surface area contributed by atoms with Crippen molar-refractivity contribution in [3.05, 3.63) is 30.3 Å². The standard InChI is InChI=1S/C13H20O/c1-4-13(3,5-2)11-14-12-9-7-6-8-10-12/h6-10H,4-5,11H2,1-3H3. The maximum atomic E-state index is 5.75. The third kappa shape index (κ3) is 3.06. The van der Waals surface area contributed by atoms with Crippen molar-refractivity contribution < 1.29 is 4.74 Å². The molecule has 0 aliphatic carbocycles. The van der Waals surface area contributed by atoms with Gasteiger partial charge in [0.15, 0.2) is 0 Å². The quantitative estimate of drug-likeness (QED) is 0.687. The highest BCUT2D eigenvalue weighted by Gasteiger charge is 2.20. The summed E-state index contributed by atoms with van der Waals surface area (Å²) in [6, 6.07) is 10.0. The van der Waals surface area contributed by atoms with Gasteiger partial charge in [0.05, 0.1) is 6.61 Å². The molecular formula is C13H20O. The van der Waals surface area contributed by atoms with E-state index in [9.17, 15) is 0 Å². The van der Waals surface area contributed by atoms with Crippen molar-refractivity contribution in [3.63, 3.8) is 0 Å². The molecule has 0 unspecified atom stereocenters. The molecular weight excluding hydrogens is 172 g/mol. The third-order valence-electron chi connectivity index (χ3n) is 3.04. The Labute approximate surface area is 87.1 Å². The summed E-state index contributed by atoms with van der Waals surface area (Å²) in [5.74, 6) is 0.973. The van der Waals surface area contributed by atoms with E-state index in [1.807, 2.05) is 30.3 Å². The van der Waals surface area contributed by atoms with Crippen LogP contribution >= 0.6 is 0 Å². The van der Waals surface area contributed by atoms with Crippen molar-refractivity contribution in [2.45, 2.75) is 33.6 Å². The summed E-state index contributed by atoms with van der Waals surface area (Å²) < 4.78 is 5.75. The van der Waals surface area contributed by atoms with Gasteiger partial charge >= 0.3 is 0 Å². The highest BCUT2D eigenvalue weighted by molar-refractivity contribution is 5.20. The minimum atomic E-state index is 0.315. The van der Waals surface area contributed by atoms with Gasteiger partial charge in [0.1, 0.15) is 5.75 Å². The summed E-state index contributed by atoms with van der Waals surface area (Å²) in [7, 11) is 0. The van der Waals surface area contributed by atoms with E-state index in [-0.39, 0.29) is 0 Å². The van der Waals surface area contributed by atoms with Crippen LogP contribution in [-0.4, -0.2) is 6.61 Å². The molecule has 0 aromatic heterocycles. The maximum Gasteiger partial charge on any atom is 0.119 e. The number of rotatable bonds is 5. The lowest BCUT2D eigenvalue weighted by molar-refractivity contribution is 0.152. The van der Waals surface area contributed by atoms with Crippen molar-refractivity contribution in [3.8, 4) is 5.75 Å². The third-order valence-corrected chi connectivity index (χ3v) is 3.04. The van der Waals surface area contributed by atoms with Gasteiger partial charge in [-0.15, -0.1) is 0 Å². The monoisotopic (exact) mass is 192 g/mol. The first-order chi connectivity index (χ1) is 6.70. The van der Waals surface area contributed by atoms with Gasteiger partial charge in [-0.1, -0.05) is 39.0 Å². The Hall–Kier alpha value is -0.980. The Balaban J connectivity index is 2.48. The predicted octanol–water partition coefficient (Wildman–Crippen LogP) is 3.89. The van der Waals surface area contributed by atoms with Crippen LogP contribution in [0.15, 0.2) is 30.3 Å². The van der Waals surface area contributed by atoms with E-state index in [1.165, 1.54) is 0 Å². The molecule has 0 N–H and O–H groups in total. The summed E-state index contributed by atoms with van der Waals surface area (Å²) in [6.07, 6.45) is 2.33. The maximum absolute atomic E-state index is 5.75. The number of hydrogen-bond donors (Lipinski definition) is 0. The van der Waals surface area contributed by atoms with Crippen molar-refractivity contribution in [1.82, 2.24) is 0 Å². The highest BCUT2D eigenvalue weighted by atomic mass is 16.5. The molecule has 1 heteroatoms. The van der Waals surface area contributed by atoms with Gasteiger partial charge in [-0.2, -0.15) is 0 Å². The molecule has 0 bridgehead atoms. The van der Waals surface area contributed by atoms with E-state index in [0.29, 0.717) is 5.41 Å². The molecule has 1 aromatic carbocycles.